The highest BCUT2D eigenvalue weighted by Gasteiger charge is 2.16. The SMILES string of the molecule is CCCCCc1ccc(C(=O)Nc2ccc(Cl)cc2C(=O)Nc2ccc(Cl)cn2)cc1. The van der Waals surface area contributed by atoms with Gasteiger partial charge in [-0.2, -0.15) is 0 Å². The number of unbranched alkanes of at least 4 members (excludes halogenated alkanes) is 2. The van der Waals surface area contributed by atoms with Gasteiger partial charge in [0.2, 0.25) is 0 Å². The minimum Gasteiger partial charge on any atom is -0.321 e. The number of carbonyl (C=O) groups excluding carboxylic acids is 2. The van der Waals surface area contributed by atoms with Gasteiger partial charge >= 0.3 is 0 Å². The number of hydrogen-bond donors (Lipinski definition) is 2. The maximum Gasteiger partial charge on any atom is 0.258 e. The van der Waals surface area contributed by atoms with Crippen molar-refractivity contribution in [1.82, 2.24) is 4.98 Å². The summed E-state index contributed by atoms with van der Waals surface area (Å²) >= 11 is 11.9. The molecule has 5 nitrogen and oxygen atoms in total. The number of amides is 2. The van der Waals surface area contributed by atoms with Gasteiger partial charge < -0.3 is 10.6 Å². The zero-order chi connectivity index (χ0) is 22.2. The molecule has 0 aliphatic rings. The Hall–Kier alpha value is -2.89. The quantitative estimate of drug-likeness (QED) is 0.374. The molecule has 2 N–H and O–H groups in total. The summed E-state index contributed by atoms with van der Waals surface area (Å²) in [5.74, 6) is -0.412. The fraction of sp³-hybridized carbons (Fsp3) is 0.208. The zero-order valence-electron chi connectivity index (χ0n) is 17.1. The summed E-state index contributed by atoms with van der Waals surface area (Å²) in [5.41, 5.74) is 2.30. The maximum absolute atomic E-state index is 12.8. The Labute approximate surface area is 191 Å². The molecule has 0 spiro atoms. The zero-order valence-corrected chi connectivity index (χ0v) is 18.6. The van der Waals surface area contributed by atoms with E-state index in [9.17, 15) is 9.59 Å². The molecular weight excluding hydrogens is 433 g/mol. The first-order valence-electron chi connectivity index (χ1n) is 10.1. The Balaban J connectivity index is 1.73. The lowest BCUT2D eigenvalue weighted by molar-refractivity contribution is 0.102. The Morgan fingerprint density at radius 3 is 2.29 bits per heavy atom. The average Bonchev–Trinajstić information content (AvgIpc) is 2.77. The third kappa shape index (κ3) is 6.54. The lowest BCUT2D eigenvalue weighted by Gasteiger charge is -2.12. The van der Waals surface area contributed by atoms with Crippen LogP contribution in [0.4, 0.5) is 11.5 Å². The second kappa shape index (κ2) is 10.9. The number of nitrogens with zero attached hydrogens (tertiary/aromatic N) is 1. The van der Waals surface area contributed by atoms with E-state index in [1.807, 2.05) is 12.1 Å². The van der Waals surface area contributed by atoms with Crippen molar-refractivity contribution in [2.24, 2.45) is 0 Å². The number of aromatic nitrogens is 1. The van der Waals surface area contributed by atoms with E-state index in [0.717, 1.165) is 12.8 Å². The highest BCUT2D eigenvalue weighted by atomic mass is 35.5. The molecule has 0 saturated carbocycles. The van der Waals surface area contributed by atoms with Crippen LogP contribution in [0.3, 0.4) is 0 Å². The van der Waals surface area contributed by atoms with Crippen LogP contribution in [-0.2, 0) is 6.42 Å². The van der Waals surface area contributed by atoms with Crippen molar-refractivity contribution in [1.29, 1.82) is 0 Å². The van der Waals surface area contributed by atoms with E-state index in [1.54, 1.807) is 36.4 Å². The molecule has 160 valence electrons. The van der Waals surface area contributed by atoms with Crippen molar-refractivity contribution >= 4 is 46.5 Å². The van der Waals surface area contributed by atoms with Crippen LogP contribution < -0.4 is 10.6 Å². The van der Waals surface area contributed by atoms with E-state index in [1.165, 1.54) is 30.7 Å². The van der Waals surface area contributed by atoms with Gasteiger partial charge in [0.25, 0.3) is 11.8 Å². The molecule has 3 rings (SSSR count). The summed E-state index contributed by atoms with van der Waals surface area (Å²) in [6.07, 6.45) is 5.92. The number of pyridine rings is 1. The first-order chi connectivity index (χ1) is 15.0. The molecule has 0 radical (unpaired) electrons. The van der Waals surface area contributed by atoms with E-state index in [-0.39, 0.29) is 11.5 Å². The van der Waals surface area contributed by atoms with Crippen molar-refractivity contribution in [3.8, 4) is 0 Å². The molecule has 0 unspecified atom stereocenters. The van der Waals surface area contributed by atoms with Gasteiger partial charge in [-0.1, -0.05) is 55.1 Å². The Kier molecular flexibility index (Phi) is 8.04. The average molecular weight is 456 g/mol. The van der Waals surface area contributed by atoms with E-state index in [0.29, 0.717) is 27.1 Å². The normalized spacial score (nSPS) is 10.5. The van der Waals surface area contributed by atoms with Gasteiger partial charge in [0.1, 0.15) is 5.82 Å². The first-order valence-corrected chi connectivity index (χ1v) is 10.8. The van der Waals surface area contributed by atoms with Crippen molar-refractivity contribution in [2.45, 2.75) is 32.6 Å². The van der Waals surface area contributed by atoms with Gasteiger partial charge in [0, 0.05) is 16.8 Å². The lowest BCUT2D eigenvalue weighted by atomic mass is 10.0. The van der Waals surface area contributed by atoms with Crippen molar-refractivity contribution in [3.63, 3.8) is 0 Å². The summed E-state index contributed by atoms with van der Waals surface area (Å²) in [7, 11) is 0. The fourth-order valence-corrected chi connectivity index (χ4v) is 3.33. The highest BCUT2D eigenvalue weighted by Crippen LogP contribution is 2.23. The van der Waals surface area contributed by atoms with Crippen LogP contribution in [0.1, 0.15) is 52.5 Å². The molecule has 3 aromatic rings. The van der Waals surface area contributed by atoms with Crippen LogP contribution in [0.2, 0.25) is 10.0 Å². The van der Waals surface area contributed by atoms with Gasteiger partial charge in [0.05, 0.1) is 16.3 Å². The standard InChI is InChI=1S/C24H23Cl2N3O2/c1-2-3-4-5-16-6-8-17(9-7-16)23(30)28-21-12-10-18(25)14-20(21)24(31)29-22-13-11-19(26)15-27-22/h6-15H,2-5H2,1H3,(H,28,30)(H,27,29,31). The maximum atomic E-state index is 12.8. The third-order valence-electron chi connectivity index (χ3n) is 4.73. The summed E-state index contributed by atoms with van der Waals surface area (Å²) in [4.78, 5) is 29.6. The number of aryl methyl sites for hydroxylation is 1. The molecule has 0 fully saturated rings. The fourth-order valence-electron chi connectivity index (χ4n) is 3.04. The number of anilines is 2. The first kappa shape index (κ1) is 22.8. The van der Waals surface area contributed by atoms with Gasteiger partial charge in [0.15, 0.2) is 0 Å². The molecule has 0 atom stereocenters. The van der Waals surface area contributed by atoms with Crippen molar-refractivity contribution in [3.05, 3.63) is 87.5 Å². The lowest BCUT2D eigenvalue weighted by Crippen LogP contribution is -2.18. The van der Waals surface area contributed by atoms with Crippen LogP contribution in [0, 0.1) is 0 Å². The van der Waals surface area contributed by atoms with Crippen LogP contribution in [0.15, 0.2) is 60.8 Å². The largest absolute Gasteiger partial charge is 0.321 e. The molecule has 31 heavy (non-hydrogen) atoms. The van der Waals surface area contributed by atoms with E-state index in [2.05, 4.69) is 22.5 Å². The minimum absolute atomic E-state index is 0.230. The molecule has 1 heterocycles. The molecule has 7 heteroatoms. The van der Waals surface area contributed by atoms with E-state index in [4.69, 9.17) is 23.2 Å². The minimum atomic E-state index is -0.445. The number of halogens is 2. The summed E-state index contributed by atoms with van der Waals surface area (Å²) < 4.78 is 0. The highest BCUT2D eigenvalue weighted by molar-refractivity contribution is 6.31. The second-order valence-corrected chi connectivity index (χ2v) is 7.99. The molecule has 1 aromatic heterocycles. The number of rotatable bonds is 8. The van der Waals surface area contributed by atoms with Crippen LogP contribution in [0.25, 0.3) is 0 Å². The number of hydrogen-bond acceptors (Lipinski definition) is 3. The smallest absolute Gasteiger partial charge is 0.258 e. The summed E-state index contributed by atoms with van der Waals surface area (Å²) in [6.45, 7) is 2.17. The molecule has 2 aromatic carbocycles. The molecule has 2 amide bonds. The summed E-state index contributed by atoms with van der Waals surface area (Å²) in [6, 6.07) is 15.4. The monoisotopic (exact) mass is 455 g/mol. The summed E-state index contributed by atoms with van der Waals surface area (Å²) in [5, 5.41) is 6.32. The number of carbonyl (C=O) groups is 2. The second-order valence-electron chi connectivity index (χ2n) is 7.11. The van der Waals surface area contributed by atoms with Gasteiger partial charge in [-0.05, 0) is 60.9 Å². The van der Waals surface area contributed by atoms with E-state index >= 15 is 0 Å². The van der Waals surface area contributed by atoms with E-state index < -0.39 is 5.91 Å². The van der Waals surface area contributed by atoms with Gasteiger partial charge in [-0.15, -0.1) is 0 Å². The van der Waals surface area contributed by atoms with Crippen LogP contribution >= 0.6 is 23.2 Å². The predicted octanol–water partition coefficient (Wildman–Crippen LogP) is 6.63. The number of nitrogens with one attached hydrogen (secondary N) is 2. The van der Waals surface area contributed by atoms with Crippen LogP contribution in [-0.4, -0.2) is 16.8 Å². The molecule has 0 aliphatic heterocycles. The molecule has 0 bridgehead atoms. The predicted molar refractivity (Wildman–Crippen MR) is 126 cm³/mol. The van der Waals surface area contributed by atoms with Crippen LogP contribution in [0.5, 0.6) is 0 Å². The van der Waals surface area contributed by atoms with Gasteiger partial charge in [-0.3, -0.25) is 9.59 Å². The van der Waals surface area contributed by atoms with Crippen molar-refractivity contribution in [2.75, 3.05) is 10.6 Å². The molecule has 0 aliphatic carbocycles. The van der Waals surface area contributed by atoms with Gasteiger partial charge in [-0.25, -0.2) is 4.98 Å². The third-order valence-corrected chi connectivity index (χ3v) is 5.19. The Morgan fingerprint density at radius 2 is 1.61 bits per heavy atom. The molecule has 0 saturated heterocycles. The Morgan fingerprint density at radius 1 is 0.871 bits per heavy atom. The van der Waals surface area contributed by atoms with Crippen molar-refractivity contribution < 1.29 is 9.59 Å². The Bertz CT molecular complexity index is 1050. The number of benzene rings is 2. The molecular formula is C24H23Cl2N3O2. The topological polar surface area (TPSA) is 71.1 Å².